The lowest BCUT2D eigenvalue weighted by molar-refractivity contribution is -0.144. The van der Waals surface area contributed by atoms with Gasteiger partial charge in [0.1, 0.15) is 17.2 Å². The third kappa shape index (κ3) is 2.84. The zero-order chi connectivity index (χ0) is 15.7. The highest BCUT2D eigenvalue weighted by Crippen LogP contribution is 2.33. The van der Waals surface area contributed by atoms with Crippen molar-refractivity contribution in [3.8, 4) is 0 Å². The Morgan fingerprint density at radius 1 is 0.955 bits per heavy atom. The van der Waals surface area contributed by atoms with E-state index in [0.717, 1.165) is 31.7 Å². The van der Waals surface area contributed by atoms with E-state index >= 15 is 0 Å². The van der Waals surface area contributed by atoms with Crippen molar-refractivity contribution in [2.24, 2.45) is 0 Å². The van der Waals surface area contributed by atoms with Crippen LogP contribution in [0.3, 0.4) is 0 Å². The molecule has 0 atom stereocenters. The number of benzene rings is 1. The fourth-order valence-corrected chi connectivity index (χ4v) is 2.75. The molecule has 7 heteroatoms. The van der Waals surface area contributed by atoms with Crippen LogP contribution in [0.1, 0.15) is 31.5 Å². The van der Waals surface area contributed by atoms with E-state index in [9.17, 15) is 17.6 Å². The summed E-state index contributed by atoms with van der Waals surface area (Å²) < 4.78 is 52.9. The van der Waals surface area contributed by atoms with E-state index < -0.39 is 17.8 Å². The second-order valence-corrected chi connectivity index (χ2v) is 5.41. The monoisotopic (exact) mass is 313 g/mol. The van der Waals surface area contributed by atoms with Crippen LogP contribution in [0.25, 0.3) is 10.9 Å². The highest BCUT2D eigenvalue weighted by atomic mass is 19.4. The highest BCUT2D eigenvalue weighted by molar-refractivity contribution is 5.90. The van der Waals surface area contributed by atoms with E-state index in [1.807, 2.05) is 4.90 Å². The highest BCUT2D eigenvalue weighted by Gasteiger charge is 2.36. The van der Waals surface area contributed by atoms with Crippen LogP contribution in [-0.4, -0.2) is 23.1 Å². The number of hydrogen-bond donors (Lipinski definition) is 0. The summed E-state index contributed by atoms with van der Waals surface area (Å²) in [6, 6.07) is 4.15. The van der Waals surface area contributed by atoms with E-state index in [1.54, 1.807) is 6.07 Å². The van der Waals surface area contributed by atoms with Crippen LogP contribution in [0.15, 0.2) is 18.2 Å². The van der Waals surface area contributed by atoms with E-state index in [-0.39, 0.29) is 11.3 Å². The van der Waals surface area contributed by atoms with Crippen LogP contribution in [0.4, 0.5) is 23.4 Å². The van der Waals surface area contributed by atoms with Crippen molar-refractivity contribution >= 4 is 16.7 Å². The summed E-state index contributed by atoms with van der Waals surface area (Å²) in [5, 5.41) is 0.329. The maximum Gasteiger partial charge on any atom is 0.451 e. The molecule has 0 bridgehead atoms. The quantitative estimate of drug-likeness (QED) is 0.740. The van der Waals surface area contributed by atoms with Crippen LogP contribution >= 0.6 is 0 Å². The average Bonchev–Trinajstić information content (AvgIpc) is 2.75. The second kappa shape index (κ2) is 5.70. The number of hydrogen-bond acceptors (Lipinski definition) is 3. The van der Waals surface area contributed by atoms with Gasteiger partial charge in [-0.25, -0.2) is 14.4 Å². The molecule has 0 spiro atoms. The Hall–Kier alpha value is -1.92. The largest absolute Gasteiger partial charge is 0.451 e. The fourth-order valence-electron chi connectivity index (χ4n) is 2.75. The Balaban J connectivity index is 2.19. The molecule has 1 saturated heterocycles. The lowest BCUT2D eigenvalue weighted by Crippen LogP contribution is -2.27. The molecular formula is C15H15F4N3. The van der Waals surface area contributed by atoms with Crippen molar-refractivity contribution in [2.75, 3.05) is 18.0 Å². The Morgan fingerprint density at radius 3 is 2.27 bits per heavy atom. The number of anilines is 1. The van der Waals surface area contributed by atoms with Gasteiger partial charge < -0.3 is 4.90 Å². The van der Waals surface area contributed by atoms with Crippen molar-refractivity contribution in [2.45, 2.75) is 31.9 Å². The minimum absolute atomic E-state index is 0.179. The third-order valence-corrected chi connectivity index (χ3v) is 3.82. The number of rotatable bonds is 1. The van der Waals surface area contributed by atoms with Crippen molar-refractivity contribution in [1.29, 1.82) is 0 Å². The Bertz CT molecular complexity index is 676. The molecular weight excluding hydrogens is 298 g/mol. The first-order valence-corrected chi connectivity index (χ1v) is 7.25. The molecule has 1 aliphatic heterocycles. The van der Waals surface area contributed by atoms with Crippen molar-refractivity contribution in [3.63, 3.8) is 0 Å². The van der Waals surface area contributed by atoms with Gasteiger partial charge in [-0.1, -0.05) is 18.9 Å². The van der Waals surface area contributed by atoms with Gasteiger partial charge >= 0.3 is 6.18 Å². The Morgan fingerprint density at radius 2 is 1.64 bits per heavy atom. The Kier molecular flexibility index (Phi) is 3.88. The molecule has 0 N–H and O–H groups in total. The van der Waals surface area contributed by atoms with Gasteiger partial charge in [0, 0.05) is 18.5 Å². The first kappa shape index (κ1) is 15.0. The van der Waals surface area contributed by atoms with E-state index in [2.05, 4.69) is 9.97 Å². The van der Waals surface area contributed by atoms with E-state index in [0.29, 0.717) is 18.5 Å². The predicted octanol–water partition coefficient (Wildman–Crippen LogP) is 4.17. The lowest BCUT2D eigenvalue weighted by atomic mass is 10.2. The summed E-state index contributed by atoms with van der Waals surface area (Å²) in [7, 11) is 0. The summed E-state index contributed by atoms with van der Waals surface area (Å²) in [5.41, 5.74) is -0.274. The molecule has 0 amide bonds. The summed E-state index contributed by atoms with van der Waals surface area (Å²) in [5.74, 6) is -1.87. The maximum atomic E-state index is 13.9. The molecule has 118 valence electrons. The molecule has 0 unspecified atom stereocenters. The zero-order valence-electron chi connectivity index (χ0n) is 11.8. The van der Waals surface area contributed by atoms with Gasteiger partial charge in [-0.2, -0.15) is 13.2 Å². The van der Waals surface area contributed by atoms with E-state index in [4.69, 9.17) is 0 Å². The molecule has 1 aromatic carbocycles. The molecule has 1 fully saturated rings. The van der Waals surface area contributed by atoms with Crippen molar-refractivity contribution in [1.82, 2.24) is 9.97 Å². The molecule has 0 radical (unpaired) electrons. The van der Waals surface area contributed by atoms with Gasteiger partial charge in [-0.3, -0.25) is 0 Å². The molecule has 1 aliphatic rings. The number of para-hydroxylation sites is 1. The minimum atomic E-state index is -4.70. The fraction of sp³-hybridized carbons (Fsp3) is 0.467. The van der Waals surface area contributed by atoms with E-state index in [1.165, 1.54) is 6.07 Å². The molecule has 3 nitrogen and oxygen atoms in total. The molecule has 3 rings (SSSR count). The average molecular weight is 313 g/mol. The molecule has 0 aliphatic carbocycles. The standard InChI is InChI=1S/C15H15F4N3/c16-11-7-5-6-10-12(11)20-14(15(17,18)19)21-13(10)22-8-3-1-2-4-9-22/h5-7H,1-4,8-9H2. The SMILES string of the molecule is Fc1cccc2c(N3CCCCCC3)nc(C(F)(F)F)nc12. The topological polar surface area (TPSA) is 29.0 Å². The molecule has 0 saturated carbocycles. The Labute approximate surface area is 125 Å². The number of aromatic nitrogens is 2. The summed E-state index contributed by atoms with van der Waals surface area (Å²) in [6.07, 6.45) is -0.832. The van der Waals surface area contributed by atoms with Crippen molar-refractivity contribution in [3.05, 3.63) is 29.8 Å². The van der Waals surface area contributed by atoms with Crippen LogP contribution in [0, 0.1) is 5.82 Å². The number of fused-ring (bicyclic) bond motifs is 1. The third-order valence-electron chi connectivity index (χ3n) is 3.82. The van der Waals surface area contributed by atoms with Gasteiger partial charge in [0.15, 0.2) is 0 Å². The van der Waals surface area contributed by atoms with Crippen molar-refractivity contribution < 1.29 is 17.6 Å². The second-order valence-electron chi connectivity index (χ2n) is 5.41. The zero-order valence-corrected chi connectivity index (χ0v) is 11.8. The number of nitrogens with zero attached hydrogens (tertiary/aromatic N) is 3. The normalized spacial score (nSPS) is 16.8. The van der Waals surface area contributed by atoms with Crippen LogP contribution in [0.2, 0.25) is 0 Å². The smallest absolute Gasteiger partial charge is 0.356 e. The molecule has 2 heterocycles. The van der Waals surface area contributed by atoms with Crippen LogP contribution in [-0.2, 0) is 6.18 Å². The minimum Gasteiger partial charge on any atom is -0.356 e. The number of halogens is 4. The maximum absolute atomic E-state index is 13.9. The summed E-state index contributed by atoms with van der Waals surface area (Å²) >= 11 is 0. The first-order valence-electron chi connectivity index (χ1n) is 7.25. The molecule has 22 heavy (non-hydrogen) atoms. The van der Waals surface area contributed by atoms with Gasteiger partial charge in [0.2, 0.25) is 5.82 Å². The van der Waals surface area contributed by atoms with Gasteiger partial charge in [-0.15, -0.1) is 0 Å². The van der Waals surface area contributed by atoms with Crippen LogP contribution in [0.5, 0.6) is 0 Å². The van der Waals surface area contributed by atoms with Gasteiger partial charge in [0.05, 0.1) is 0 Å². The van der Waals surface area contributed by atoms with Crippen LogP contribution < -0.4 is 4.90 Å². The molecule has 1 aromatic heterocycles. The summed E-state index contributed by atoms with van der Waals surface area (Å²) in [6.45, 7) is 1.25. The van der Waals surface area contributed by atoms with Gasteiger partial charge in [0.25, 0.3) is 0 Å². The van der Waals surface area contributed by atoms with Gasteiger partial charge in [-0.05, 0) is 25.0 Å². The predicted molar refractivity (Wildman–Crippen MR) is 75.2 cm³/mol. The summed E-state index contributed by atoms with van der Waals surface area (Å²) in [4.78, 5) is 8.90. The first-order chi connectivity index (χ1) is 10.5. The number of alkyl halides is 3. The molecule has 2 aromatic rings. The lowest BCUT2D eigenvalue weighted by Gasteiger charge is -2.23.